The molecule has 2 aliphatic rings. The zero-order chi connectivity index (χ0) is 20.2. The lowest BCUT2D eigenvalue weighted by Crippen LogP contribution is -2.46. The van der Waals surface area contributed by atoms with Gasteiger partial charge in [0.1, 0.15) is 0 Å². The number of thiophene rings is 1. The Bertz CT molecular complexity index is 637. The average molecular weight is 408 g/mol. The summed E-state index contributed by atoms with van der Waals surface area (Å²) < 4.78 is 37.7. The minimum atomic E-state index is -5.08. The molecule has 3 rings (SSSR count). The van der Waals surface area contributed by atoms with Gasteiger partial charge in [0.15, 0.2) is 0 Å². The van der Waals surface area contributed by atoms with Gasteiger partial charge < -0.3 is 19.6 Å². The summed E-state index contributed by atoms with van der Waals surface area (Å²) in [5.74, 6) is -2.51. The molecule has 1 N–H and O–H groups in total. The number of aliphatic carboxylic acids is 1. The Morgan fingerprint density at radius 1 is 1.41 bits per heavy atom. The van der Waals surface area contributed by atoms with Gasteiger partial charge in [-0.15, -0.1) is 0 Å². The number of carboxylic acids is 1. The maximum absolute atomic E-state index is 12.6. The highest BCUT2D eigenvalue weighted by molar-refractivity contribution is 7.08. The second kappa shape index (κ2) is 9.03. The van der Waals surface area contributed by atoms with E-state index in [4.69, 9.17) is 14.6 Å². The summed E-state index contributed by atoms with van der Waals surface area (Å²) in [5, 5.41) is 11.2. The molecule has 2 fully saturated rings. The highest BCUT2D eigenvalue weighted by atomic mass is 32.1. The predicted octanol–water partition coefficient (Wildman–Crippen LogP) is 2.24. The van der Waals surface area contributed by atoms with E-state index in [0.29, 0.717) is 12.5 Å². The molecule has 0 aromatic carbocycles. The smallest absolute Gasteiger partial charge is 0.475 e. The summed E-state index contributed by atoms with van der Waals surface area (Å²) in [7, 11) is 4.15. The van der Waals surface area contributed by atoms with Crippen molar-refractivity contribution in [3.8, 4) is 0 Å². The minimum Gasteiger partial charge on any atom is -0.475 e. The number of likely N-dealkylation sites (N-methyl/N-ethyl adjacent to an activating group) is 1. The quantitative estimate of drug-likeness (QED) is 0.831. The van der Waals surface area contributed by atoms with Crippen LogP contribution in [0.4, 0.5) is 13.2 Å². The summed E-state index contributed by atoms with van der Waals surface area (Å²) in [6.07, 6.45) is -2.24. The summed E-state index contributed by atoms with van der Waals surface area (Å²) >= 11 is 1.65. The van der Waals surface area contributed by atoms with Gasteiger partial charge >= 0.3 is 12.1 Å². The number of carboxylic acid groups (broad SMARTS) is 1. The van der Waals surface area contributed by atoms with Gasteiger partial charge in [-0.25, -0.2) is 4.79 Å². The third-order valence-corrected chi connectivity index (χ3v) is 5.39. The fourth-order valence-electron chi connectivity index (χ4n) is 3.34. The Morgan fingerprint density at radius 3 is 2.59 bits per heavy atom. The van der Waals surface area contributed by atoms with Crippen molar-refractivity contribution in [3.63, 3.8) is 0 Å². The fraction of sp³-hybridized carbons (Fsp3) is 0.647. The first kappa shape index (κ1) is 21.6. The molecule has 6 nitrogen and oxygen atoms in total. The molecule has 2 aliphatic heterocycles. The van der Waals surface area contributed by atoms with Gasteiger partial charge in [0.05, 0.1) is 24.6 Å². The highest BCUT2D eigenvalue weighted by Crippen LogP contribution is 2.31. The number of hydrogen-bond acceptors (Lipinski definition) is 5. The van der Waals surface area contributed by atoms with Gasteiger partial charge in [-0.05, 0) is 49.3 Å². The first-order valence-electron chi connectivity index (χ1n) is 8.50. The fourth-order valence-corrected chi connectivity index (χ4v) is 4.01. The molecule has 1 aromatic heterocycles. The van der Waals surface area contributed by atoms with Crippen LogP contribution in [0.25, 0.3) is 0 Å². The zero-order valence-electron chi connectivity index (χ0n) is 15.1. The van der Waals surface area contributed by atoms with Crippen LogP contribution >= 0.6 is 11.3 Å². The molecule has 2 saturated heterocycles. The molecule has 10 heteroatoms. The number of carbonyl (C=O) groups excluding carboxylic acids is 1. The van der Waals surface area contributed by atoms with E-state index in [1.54, 1.807) is 11.3 Å². The van der Waals surface area contributed by atoms with Crippen LogP contribution < -0.4 is 0 Å². The van der Waals surface area contributed by atoms with Crippen LogP contribution in [0, 0.1) is 0 Å². The van der Waals surface area contributed by atoms with E-state index >= 15 is 0 Å². The van der Waals surface area contributed by atoms with Crippen molar-refractivity contribution in [2.24, 2.45) is 0 Å². The van der Waals surface area contributed by atoms with Crippen molar-refractivity contribution in [2.45, 2.75) is 43.6 Å². The monoisotopic (exact) mass is 408 g/mol. The van der Waals surface area contributed by atoms with Crippen LogP contribution in [-0.2, 0) is 20.7 Å². The zero-order valence-corrected chi connectivity index (χ0v) is 15.9. The standard InChI is InChI=1S/C15H22N2O2S.C2HF3O2/c1-16(2)13-9-17(12-4-3-6-19-15(12)13)14(18)8-11-5-7-20-10-11;3-2(4,5)1(6)7/h5,7,10,12-13,15H,3-4,6,8-9H2,1-2H3;(H,6,7)/t12-,13-,15+;/m1./s1. The first-order chi connectivity index (χ1) is 12.6. The number of likely N-dealkylation sites (tertiary alicyclic amines) is 1. The second-order valence-electron chi connectivity index (χ2n) is 6.73. The van der Waals surface area contributed by atoms with Crippen LogP contribution in [0.1, 0.15) is 18.4 Å². The van der Waals surface area contributed by atoms with E-state index in [9.17, 15) is 18.0 Å². The number of amides is 1. The normalized spacial score (nSPS) is 25.0. The van der Waals surface area contributed by atoms with Gasteiger partial charge in [-0.1, -0.05) is 0 Å². The molecule has 0 spiro atoms. The Labute approximate surface area is 159 Å². The van der Waals surface area contributed by atoms with Crippen molar-refractivity contribution in [1.29, 1.82) is 0 Å². The lowest BCUT2D eigenvalue weighted by Gasteiger charge is -2.33. The number of ether oxygens (including phenoxy) is 1. The highest BCUT2D eigenvalue weighted by Gasteiger charge is 2.46. The van der Waals surface area contributed by atoms with Crippen molar-refractivity contribution in [1.82, 2.24) is 9.80 Å². The molecule has 0 radical (unpaired) electrons. The van der Waals surface area contributed by atoms with Gasteiger partial charge in [0.2, 0.25) is 5.91 Å². The summed E-state index contributed by atoms with van der Waals surface area (Å²) in [4.78, 5) is 25.7. The maximum atomic E-state index is 12.6. The molecular formula is C17H23F3N2O4S. The van der Waals surface area contributed by atoms with Crippen molar-refractivity contribution >= 4 is 23.2 Å². The minimum absolute atomic E-state index is 0.185. The number of halogens is 3. The molecular weight excluding hydrogens is 385 g/mol. The molecule has 3 atom stereocenters. The number of rotatable bonds is 3. The first-order valence-corrected chi connectivity index (χ1v) is 9.44. The van der Waals surface area contributed by atoms with E-state index in [2.05, 4.69) is 29.3 Å². The van der Waals surface area contributed by atoms with Crippen molar-refractivity contribution < 1.29 is 32.6 Å². The number of fused-ring (bicyclic) bond motifs is 1. The third kappa shape index (κ3) is 5.66. The van der Waals surface area contributed by atoms with E-state index in [1.165, 1.54) is 0 Å². The molecule has 1 aromatic rings. The molecule has 0 unspecified atom stereocenters. The largest absolute Gasteiger partial charge is 0.490 e. The Morgan fingerprint density at radius 2 is 2.07 bits per heavy atom. The topological polar surface area (TPSA) is 70.1 Å². The van der Waals surface area contributed by atoms with Gasteiger partial charge in [-0.3, -0.25) is 4.79 Å². The lowest BCUT2D eigenvalue weighted by atomic mass is 10.0. The van der Waals surface area contributed by atoms with Crippen LogP contribution in [0.5, 0.6) is 0 Å². The molecule has 0 saturated carbocycles. The molecule has 0 aliphatic carbocycles. The predicted molar refractivity (Wildman–Crippen MR) is 93.7 cm³/mol. The maximum Gasteiger partial charge on any atom is 0.490 e. The van der Waals surface area contributed by atoms with Gasteiger partial charge in [0, 0.05) is 13.2 Å². The van der Waals surface area contributed by atoms with Crippen LogP contribution in [0.2, 0.25) is 0 Å². The lowest BCUT2D eigenvalue weighted by molar-refractivity contribution is -0.192. The Hall–Kier alpha value is -1.65. The number of hydrogen-bond donors (Lipinski definition) is 1. The SMILES string of the molecule is CN(C)[C@@H]1CN(C(=O)Cc2ccsc2)[C@@H]2CCCO[C@H]12.O=C(O)C(F)(F)F. The van der Waals surface area contributed by atoms with Crippen LogP contribution in [-0.4, -0.2) is 78.4 Å². The molecule has 1 amide bonds. The van der Waals surface area contributed by atoms with E-state index in [-0.39, 0.29) is 18.1 Å². The Balaban J connectivity index is 0.000000321. The molecule has 27 heavy (non-hydrogen) atoms. The number of nitrogens with zero attached hydrogens (tertiary/aromatic N) is 2. The van der Waals surface area contributed by atoms with Gasteiger partial charge in [-0.2, -0.15) is 24.5 Å². The van der Waals surface area contributed by atoms with Crippen molar-refractivity contribution in [3.05, 3.63) is 22.4 Å². The number of alkyl halides is 3. The summed E-state index contributed by atoms with van der Waals surface area (Å²) in [5.41, 5.74) is 1.13. The van der Waals surface area contributed by atoms with Crippen molar-refractivity contribution in [2.75, 3.05) is 27.2 Å². The van der Waals surface area contributed by atoms with Crippen LogP contribution in [0.3, 0.4) is 0 Å². The average Bonchev–Trinajstić information content (AvgIpc) is 3.21. The van der Waals surface area contributed by atoms with Gasteiger partial charge in [0.25, 0.3) is 0 Å². The van der Waals surface area contributed by atoms with E-state index in [0.717, 1.165) is 31.6 Å². The summed E-state index contributed by atoms with van der Waals surface area (Å²) in [6, 6.07) is 2.63. The van der Waals surface area contributed by atoms with E-state index < -0.39 is 12.1 Å². The molecule has 0 bridgehead atoms. The molecule has 152 valence electrons. The van der Waals surface area contributed by atoms with Crippen LogP contribution in [0.15, 0.2) is 16.8 Å². The Kier molecular flexibility index (Phi) is 7.24. The number of carbonyl (C=O) groups is 2. The second-order valence-corrected chi connectivity index (χ2v) is 7.51. The summed E-state index contributed by atoms with van der Waals surface area (Å²) in [6.45, 7) is 1.63. The van der Waals surface area contributed by atoms with E-state index in [1.807, 2.05) is 11.4 Å². The third-order valence-electron chi connectivity index (χ3n) is 4.66. The molecule has 3 heterocycles.